The smallest absolute Gasteiger partial charge is 0.154 e. The molecule has 3 heterocycles. The molecule has 1 saturated heterocycles. The van der Waals surface area contributed by atoms with Gasteiger partial charge >= 0.3 is 0 Å². The number of hydrogen-bond acceptors (Lipinski definition) is 4. The summed E-state index contributed by atoms with van der Waals surface area (Å²) < 4.78 is 2.03. The molecule has 5 heteroatoms. The van der Waals surface area contributed by atoms with Crippen molar-refractivity contribution in [3.8, 4) is 0 Å². The van der Waals surface area contributed by atoms with Crippen molar-refractivity contribution in [2.24, 2.45) is 7.05 Å². The number of nitrogens with one attached hydrogen (secondary N) is 1. The van der Waals surface area contributed by atoms with Crippen molar-refractivity contribution in [3.63, 3.8) is 0 Å². The largest absolute Gasteiger partial charge is 0.365 e. The van der Waals surface area contributed by atoms with Crippen LogP contribution in [-0.2, 0) is 7.05 Å². The topological polar surface area (TPSA) is 46.0 Å². The van der Waals surface area contributed by atoms with Crippen LogP contribution in [0.4, 0.5) is 5.82 Å². The number of aryl methyl sites for hydroxylation is 1. The van der Waals surface area contributed by atoms with E-state index in [1.165, 1.54) is 0 Å². The molecular weight excluding hydrogens is 238 g/mol. The predicted molar refractivity (Wildman–Crippen MR) is 77.2 cm³/mol. The van der Waals surface area contributed by atoms with Gasteiger partial charge in [-0.2, -0.15) is 0 Å². The van der Waals surface area contributed by atoms with E-state index in [9.17, 15) is 0 Å². The fourth-order valence-electron chi connectivity index (χ4n) is 2.78. The third-order valence-electron chi connectivity index (χ3n) is 4.19. The molecule has 2 aromatic heterocycles. The Kier molecular flexibility index (Phi) is 3.14. The predicted octanol–water partition coefficient (Wildman–Crippen LogP) is 1.86. The van der Waals surface area contributed by atoms with E-state index in [0.717, 1.165) is 36.2 Å². The summed E-state index contributed by atoms with van der Waals surface area (Å²) in [6.45, 7) is 3.42. The molecule has 1 fully saturated rings. The van der Waals surface area contributed by atoms with E-state index in [-0.39, 0.29) is 0 Å². The van der Waals surface area contributed by atoms with E-state index in [1.54, 1.807) is 0 Å². The van der Waals surface area contributed by atoms with Crippen LogP contribution in [0.5, 0.6) is 0 Å². The second-order valence-electron chi connectivity index (χ2n) is 5.58. The van der Waals surface area contributed by atoms with Gasteiger partial charge < -0.3 is 14.8 Å². The molecule has 1 N–H and O–H groups in total. The van der Waals surface area contributed by atoms with Crippen molar-refractivity contribution in [2.45, 2.75) is 31.8 Å². The maximum atomic E-state index is 4.46. The second-order valence-corrected chi connectivity index (χ2v) is 5.58. The Labute approximate surface area is 113 Å². The highest BCUT2D eigenvalue weighted by Gasteiger charge is 2.23. The normalized spacial score (nSPS) is 24.8. The van der Waals surface area contributed by atoms with Crippen LogP contribution in [-0.4, -0.2) is 45.1 Å². The molecule has 0 aliphatic carbocycles. The van der Waals surface area contributed by atoms with E-state index < -0.39 is 0 Å². The number of anilines is 1. The Hall–Kier alpha value is -1.62. The van der Waals surface area contributed by atoms with Gasteiger partial charge in [0.25, 0.3) is 0 Å². The van der Waals surface area contributed by atoms with Crippen molar-refractivity contribution < 1.29 is 0 Å². The number of pyridine rings is 1. The zero-order valence-electron chi connectivity index (χ0n) is 11.8. The molecule has 1 aliphatic heterocycles. The van der Waals surface area contributed by atoms with Gasteiger partial charge in [-0.3, -0.25) is 0 Å². The molecule has 5 nitrogen and oxygen atoms in total. The molecule has 0 bridgehead atoms. The zero-order chi connectivity index (χ0) is 13.4. The molecule has 2 unspecified atom stereocenters. The Morgan fingerprint density at radius 3 is 2.95 bits per heavy atom. The second kappa shape index (κ2) is 4.81. The van der Waals surface area contributed by atoms with E-state index >= 15 is 0 Å². The highest BCUT2D eigenvalue weighted by atomic mass is 15.2. The first-order valence-electron chi connectivity index (χ1n) is 6.88. The first kappa shape index (κ1) is 12.4. The molecule has 2 aromatic rings. The fraction of sp³-hybridized carbons (Fsp3) is 0.571. The lowest BCUT2D eigenvalue weighted by Crippen LogP contribution is -2.42. The zero-order valence-corrected chi connectivity index (χ0v) is 11.8. The van der Waals surface area contributed by atoms with Crippen LogP contribution in [0.25, 0.3) is 11.0 Å². The molecule has 0 saturated carbocycles. The minimum atomic E-state index is 0.492. The molecular formula is C14H21N5. The van der Waals surface area contributed by atoms with Gasteiger partial charge in [-0.05, 0) is 32.9 Å². The van der Waals surface area contributed by atoms with Gasteiger partial charge in [0, 0.05) is 31.9 Å². The minimum Gasteiger partial charge on any atom is -0.365 e. The number of piperidine rings is 1. The third-order valence-corrected chi connectivity index (χ3v) is 4.19. The average Bonchev–Trinajstić information content (AvgIpc) is 2.77. The number of aromatic nitrogens is 3. The maximum absolute atomic E-state index is 4.46. The van der Waals surface area contributed by atoms with Crippen LogP contribution in [0.1, 0.15) is 19.8 Å². The van der Waals surface area contributed by atoms with Gasteiger partial charge in [0.15, 0.2) is 5.82 Å². The molecule has 102 valence electrons. The lowest BCUT2D eigenvalue weighted by atomic mass is 9.99. The van der Waals surface area contributed by atoms with Crippen LogP contribution in [0.3, 0.4) is 0 Å². The standard InChI is InChI=1S/C14H21N5/c1-10-8-11(5-7-18(10)2)17-14-13-12(4-6-15-14)19(3)9-16-13/h4,6,9-11H,5,7-8H2,1-3H3,(H,15,17). The Balaban J connectivity index is 1.82. The van der Waals surface area contributed by atoms with E-state index in [1.807, 2.05) is 30.2 Å². The molecule has 0 aromatic carbocycles. The molecule has 0 radical (unpaired) electrons. The van der Waals surface area contributed by atoms with Crippen molar-refractivity contribution in [2.75, 3.05) is 18.9 Å². The van der Waals surface area contributed by atoms with Gasteiger partial charge in [-0.15, -0.1) is 0 Å². The summed E-state index contributed by atoms with van der Waals surface area (Å²) in [4.78, 5) is 11.3. The SMILES string of the molecule is CC1CC(Nc2nccc3c2ncn3C)CCN1C. The lowest BCUT2D eigenvalue weighted by molar-refractivity contribution is 0.190. The Morgan fingerprint density at radius 2 is 2.16 bits per heavy atom. The summed E-state index contributed by atoms with van der Waals surface area (Å²) in [7, 11) is 4.20. The first-order valence-corrected chi connectivity index (χ1v) is 6.88. The van der Waals surface area contributed by atoms with Crippen LogP contribution >= 0.6 is 0 Å². The highest BCUT2D eigenvalue weighted by Crippen LogP contribution is 2.23. The Bertz CT molecular complexity index is 576. The van der Waals surface area contributed by atoms with Gasteiger partial charge in [-0.25, -0.2) is 9.97 Å². The van der Waals surface area contributed by atoms with Gasteiger partial charge in [-0.1, -0.05) is 0 Å². The lowest BCUT2D eigenvalue weighted by Gasteiger charge is -2.35. The van der Waals surface area contributed by atoms with Crippen molar-refractivity contribution in [3.05, 3.63) is 18.6 Å². The van der Waals surface area contributed by atoms with Crippen LogP contribution in [0.15, 0.2) is 18.6 Å². The number of rotatable bonds is 2. The van der Waals surface area contributed by atoms with E-state index in [2.05, 4.69) is 34.2 Å². The van der Waals surface area contributed by atoms with Gasteiger partial charge in [0.2, 0.25) is 0 Å². The number of fused-ring (bicyclic) bond motifs is 1. The monoisotopic (exact) mass is 259 g/mol. The summed E-state index contributed by atoms with van der Waals surface area (Å²) >= 11 is 0. The average molecular weight is 259 g/mol. The van der Waals surface area contributed by atoms with Crippen molar-refractivity contribution >= 4 is 16.9 Å². The highest BCUT2D eigenvalue weighted by molar-refractivity contribution is 5.85. The molecule has 3 rings (SSSR count). The molecule has 0 spiro atoms. The van der Waals surface area contributed by atoms with Gasteiger partial charge in [0.05, 0.1) is 11.8 Å². The fourth-order valence-corrected chi connectivity index (χ4v) is 2.78. The summed E-state index contributed by atoms with van der Waals surface area (Å²) in [6, 6.07) is 3.12. The quantitative estimate of drug-likeness (QED) is 0.894. The number of hydrogen-bond donors (Lipinski definition) is 1. The number of imidazole rings is 1. The third kappa shape index (κ3) is 2.30. The maximum Gasteiger partial charge on any atom is 0.154 e. The summed E-state index contributed by atoms with van der Waals surface area (Å²) in [5.41, 5.74) is 2.09. The van der Waals surface area contributed by atoms with Crippen molar-refractivity contribution in [1.82, 2.24) is 19.4 Å². The summed E-state index contributed by atoms with van der Waals surface area (Å²) in [5.74, 6) is 0.917. The number of likely N-dealkylation sites (tertiary alicyclic amines) is 1. The molecule has 19 heavy (non-hydrogen) atoms. The van der Waals surface area contributed by atoms with E-state index in [0.29, 0.717) is 12.1 Å². The van der Waals surface area contributed by atoms with Crippen LogP contribution < -0.4 is 5.32 Å². The van der Waals surface area contributed by atoms with Crippen molar-refractivity contribution in [1.29, 1.82) is 0 Å². The molecule has 0 amide bonds. The van der Waals surface area contributed by atoms with Crippen LogP contribution in [0.2, 0.25) is 0 Å². The molecule has 2 atom stereocenters. The van der Waals surface area contributed by atoms with Crippen LogP contribution in [0, 0.1) is 0 Å². The molecule has 1 aliphatic rings. The van der Waals surface area contributed by atoms with E-state index in [4.69, 9.17) is 0 Å². The Morgan fingerprint density at radius 1 is 1.32 bits per heavy atom. The minimum absolute atomic E-state index is 0.492. The first-order chi connectivity index (χ1) is 9.15. The van der Waals surface area contributed by atoms with Gasteiger partial charge in [0.1, 0.15) is 5.52 Å². The summed E-state index contributed by atoms with van der Waals surface area (Å²) in [5, 5.41) is 3.57. The summed E-state index contributed by atoms with van der Waals surface area (Å²) in [6.07, 6.45) is 6.01. The number of nitrogens with zero attached hydrogens (tertiary/aromatic N) is 4.